The second-order valence-corrected chi connectivity index (χ2v) is 4.80. The van der Waals surface area contributed by atoms with Gasteiger partial charge in [-0.15, -0.1) is 0 Å². The summed E-state index contributed by atoms with van der Waals surface area (Å²) in [4.78, 5) is 8.87. The Labute approximate surface area is 109 Å². The molecule has 0 bridgehead atoms. The number of pyridine rings is 2. The van der Waals surface area contributed by atoms with Crippen LogP contribution >= 0.6 is 11.8 Å². The van der Waals surface area contributed by atoms with E-state index in [2.05, 4.69) is 32.5 Å². The lowest BCUT2D eigenvalue weighted by Crippen LogP contribution is -1.92. The number of thioether (sulfide) groups is 1. The SMILES string of the molecule is CSCc1ccnc2c(-c3ccn[nH]3)nccc12. The fraction of sp³-hybridized carbons (Fsp3) is 0.154. The van der Waals surface area contributed by atoms with Gasteiger partial charge < -0.3 is 0 Å². The second-order valence-electron chi connectivity index (χ2n) is 3.93. The number of rotatable bonds is 3. The maximum Gasteiger partial charge on any atom is 0.114 e. The number of hydrogen-bond donors (Lipinski definition) is 1. The molecule has 3 heterocycles. The van der Waals surface area contributed by atoms with Gasteiger partial charge in [0, 0.05) is 29.7 Å². The van der Waals surface area contributed by atoms with Gasteiger partial charge in [-0.25, -0.2) is 0 Å². The Morgan fingerprint density at radius 1 is 1.11 bits per heavy atom. The lowest BCUT2D eigenvalue weighted by Gasteiger charge is -2.06. The van der Waals surface area contributed by atoms with Crippen molar-refractivity contribution in [3.63, 3.8) is 0 Å². The minimum absolute atomic E-state index is 0.855. The van der Waals surface area contributed by atoms with Gasteiger partial charge in [0.1, 0.15) is 5.69 Å². The third-order valence-corrected chi connectivity index (χ3v) is 3.40. The van der Waals surface area contributed by atoms with Gasteiger partial charge in [0.05, 0.1) is 11.2 Å². The first kappa shape index (κ1) is 11.2. The van der Waals surface area contributed by atoms with Crippen molar-refractivity contribution in [2.24, 2.45) is 0 Å². The van der Waals surface area contributed by atoms with Crippen LogP contribution in [0, 0.1) is 0 Å². The molecule has 0 unspecified atom stereocenters. The Kier molecular flexibility index (Phi) is 2.98. The highest BCUT2D eigenvalue weighted by Gasteiger charge is 2.09. The standard InChI is InChI=1S/C13H12N4S/c1-18-8-9-2-5-14-12-10(9)3-6-15-13(12)11-4-7-16-17-11/h2-7H,8H2,1H3,(H,16,17). The highest BCUT2D eigenvalue weighted by atomic mass is 32.2. The maximum atomic E-state index is 4.46. The predicted octanol–water partition coefficient (Wildman–Crippen LogP) is 2.88. The molecule has 3 rings (SSSR count). The smallest absolute Gasteiger partial charge is 0.114 e. The Bertz CT molecular complexity index is 664. The van der Waals surface area contributed by atoms with E-state index in [-0.39, 0.29) is 0 Å². The monoisotopic (exact) mass is 256 g/mol. The average Bonchev–Trinajstić information content (AvgIpc) is 2.93. The summed E-state index contributed by atoms with van der Waals surface area (Å²) in [5.74, 6) is 0.978. The molecule has 4 nitrogen and oxygen atoms in total. The zero-order valence-electron chi connectivity index (χ0n) is 9.92. The van der Waals surface area contributed by atoms with E-state index in [1.165, 1.54) is 5.56 Å². The highest BCUT2D eigenvalue weighted by molar-refractivity contribution is 7.97. The molecule has 3 aromatic rings. The van der Waals surface area contributed by atoms with Gasteiger partial charge in [-0.2, -0.15) is 16.9 Å². The molecule has 0 aliphatic heterocycles. The van der Waals surface area contributed by atoms with Crippen molar-refractivity contribution in [2.45, 2.75) is 5.75 Å². The quantitative estimate of drug-likeness (QED) is 0.783. The first-order chi connectivity index (χ1) is 8.90. The molecule has 0 fully saturated rings. The summed E-state index contributed by atoms with van der Waals surface area (Å²) in [7, 11) is 0. The van der Waals surface area contributed by atoms with Gasteiger partial charge in [0.2, 0.25) is 0 Å². The number of aromatic amines is 1. The summed E-state index contributed by atoms with van der Waals surface area (Å²) in [6.07, 6.45) is 7.49. The van der Waals surface area contributed by atoms with E-state index in [4.69, 9.17) is 0 Å². The van der Waals surface area contributed by atoms with Crippen LogP contribution in [0.25, 0.3) is 22.3 Å². The largest absolute Gasteiger partial charge is 0.276 e. The third-order valence-electron chi connectivity index (χ3n) is 2.81. The zero-order chi connectivity index (χ0) is 12.4. The Morgan fingerprint density at radius 2 is 2.00 bits per heavy atom. The summed E-state index contributed by atoms with van der Waals surface area (Å²) >= 11 is 1.80. The van der Waals surface area contributed by atoms with Crippen LogP contribution in [-0.2, 0) is 5.75 Å². The molecule has 0 radical (unpaired) electrons. The summed E-state index contributed by atoms with van der Waals surface area (Å²) in [5.41, 5.74) is 3.96. The maximum absolute atomic E-state index is 4.46. The molecule has 0 atom stereocenters. The van der Waals surface area contributed by atoms with E-state index in [0.29, 0.717) is 0 Å². The van der Waals surface area contributed by atoms with Crippen molar-refractivity contribution in [2.75, 3.05) is 6.26 Å². The van der Waals surface area contributed by atoms with E-state index in [0.717, 1.165) is 28.0 Å². The number of aromatic nitrogens is 4. The lowest BCUT2D eigenvalue weighted by molar-refractivity contribution is 1.09. The molecule has 0 aliphatic rings. The van der Waals surface area contributed by atoms with Gasteiger partial charge in [-0.05, 0) is 30.0 Å². The molecule has 18 heavy (non-hydrogen) atoms. The molecule has 0 aliphatic carbocycles. The number of nitrogens with zero attached hydrogens (tertiary/aromatic N) is 3. The van der Waals surface area contributed by atoms with Crippen molar-refractivity contribution >= 4 is 22.7 Å². The molecule has 5 heteroatoms. The summed E-state index contributed by atoms with van der Waals surface area (Å²) in [5, 5.41) is 8.07. The van der Waals surface area contributed by atoms with Crippen molar-refractivity contribution in [1.29, 1.82) is 0 Å². The van der Waals surface area contributed by atoms with Gasteiger partial charge in [-0.3, -0.25) is 15.1 Å². The molecule has 0 saturated carbocycles. The molecule has 0 spiro atoms. The van der Waals surface area contributed by atoms with Crippen molar-refractivity contribution in [3.05, 3.63) is 42.4 Å². The third kappa shape index (κ3) is 1.86. The predicted molar refractivity (Wildman–Crippen MR) is 74.3 cm³/mol. The fourth-order valence-corrected chi connectivity index (χ4v) is 2.56. The van der Waals surface area contributed by atoms with Crippen molar-refractivity contribution in [3.8, 4) is 11.4 Å². The van der Waals surface area contributed by atoms with Crippen LogP contribution < -0.4 is 0 Å². The van der Waals surface area contributed by atoms with E-state index < -0.39 is 0 Å². The van der Waals surface area contributed by atoms with Crippen molar-refractivity contribution in [1.82, 2.24) is 20.2 Å². The molecule has 0 saturated heterocycles. The minimum Gasteiger partial charge on any atom is -0.276 e. The van der Waals surface area contributed by atoms with Crippen molar-refractivity contribution < 1.29 is 0 Å². The van der Waals surface area contributed by atoms with Crippen LogP contribution in [0.1, 0.15) is 5.56 Å². The van der Waals surface area contributed by atoms with Gasteiger partial charge in [-0.1, -0.05) is 0 Å². The molecule has 0 amide bonds. The lowest BCUT2D eigenvalue weighted by atomic mass is 10.1. The van der Waals surface area contributed by atoms with Gasteiger partial charge >= 0.3 is 0 Å². The number of fused-ring (bicyclic) bond motifs is 1. The minimum atomic E-state index is 0.855. The number of hydrogen-bond acceptors (Lipinski definition) is 4. The Balaban J connectivity index is 2.26. The van der Waals surface area contributed by atoms with Crippen LogP contribution in [0.15, 0.2) is 36.8 Å². The van der Waals surface area contributed by atoms with E-state index in [1.807, 2.05) is 24.5 Å². The molecule has 3 aromatic heterocycles. The normalized spacial score (nSPS) is 10.9. The number of nitrogens with one attached hydrogen (secondary N) is 1. The van der Waals surface area contributed by atoms with Gasteiger partial charge in [0.15, 0.2) is 0 Å². The summed E-state index contributed by atoms with van der Waals surface area (Å²) in [6, 6.07) is 5.99. The Hall–Kier alpha value is -1.88. The van der Waals surface area contributed by atoms with Crippen LogP contribution in [0.3, 0.4) is 0 Å². The first-order valence-corrected chi connectivity index (χ1v) is 7.01. The Morgan fingerprint density at radius 3 is 2.78 bits per heavy atom. The topological polar surface area (TPSA) is 54.5 Å². The number of H-pyrrole nitrogens is 1. The second kappa shape index (κ2) is 4.78. The van der Waals surface area contributed by atoms with Crippen LogP contribution in [0.2, 0.25) is 0 Å². The van der Waals surface area contributed by atoms with Gasteiger partial charge in [0.25, 0.3) is 0 Å². The van der Waals surface area contributed by atoms with Crippen LogP contribution in [0.5, 0.6) is 0 Å². The first-order valence-electron chi connectivity index (χ1n) is 5.61. The summed E-state index contributed by atoms with van der Waals surface area (Å²) in [6.45, 7) is 0. The molecule has 1 N–H and O–H groups in total. The average molecular weight is 256 g/mol. The zero-order valence-corrected chi connectivity index (χ0v) is 10.7. The molecular formula is C13H12N4S. The summed E-state index contributed by atoms with van der Waals surface area (Å²) < 4.78 is 0. The van der Waals surface area contributed by atoms with E-state index in [9.17, 15) is 0 Å². The highest BCUT2D eigenvalue weighted by Crippen LogP contribution is 2.26. The molecular weight excluding hydrogens is 244 g/mol. The van der Waals surface area contributed by atoms with Crippen LogP contribution in [0.4, 0.5) is 0 Å². The van der Waals surface area contributed by atoms with E-state index in [1.54, 1.807) is 18.0 Å². The van der Waals surface area contributed by atoms with E-state index >= 15 is 0 Å². The fourth-order valence-electron chi connectivity index (χ4n) is 2.00. The molecule has 90 valence electrons. The molecule has 0 aromatic carbocycles. The van der Waals surface area contributed by atoms with Crippen LogP contribution in [-0.4, -0.2) is 26.4 Å².